The van der Waals surface area contributed by atoms with Crippen LogP contribution in [0.15, 0.2) is 40.9 Å². The van der Waals surface area contributed by atoms with Crippen LogP contribution in [0.5, 0.6) is 0 Å². The Morgan fingerprint density at radius 1 is 0.960 bits per heavy atom. The molecule has 0 spiro atoms. The fourth-order valence-corrected chi connectivity index (χ4v) is 1.96. The Bertz CT molecular complexity index is 834. The minimum Gasteiger partial charge on any atom is -0.465 e. The first-order valence-corrected chi connectivity index (χ1v) is 7.44. The van der Waals surface area contributed by atoms with Gasteiger partial charge in [0.15, 0.2) is 0 Å². The number of carbonyl (C=O) groups excluding carboxylic acids is 2. The van der Waals surface area contributed by atoms with Gasteiger partial charge in [-0.3, -0.25) is 0 Å². The molecule has 8 heteroatoms. The van der Waals surface area contributed by atoms with Crippen LogP contribution in [0.2, 0.25) is 0 Å². The summed E-state index contributed by atoms with van der Waals surface area (Å²) in [7, 11) is 2.38. The maximum atomic E-state index is 13.0. The van der Waals surface area contributed by atoms with Gasteiger partial charge in [-0.25, -0.2) is 18.4 Å². The van der Waals surface area contributed by atoms with Gasteiger partial charge >= 0.3 is 11.9 Å². The van der Waals surface area contributed by atoms with Crippen LogP contribution >= 0.6 is 15.9 Å². The molecule has 0 saturated heterocycles. The Balaban J connectivity index is 0.000000251. The summed E-state index contributed by atoms with van der Waals surface area (Å²) < 4.78 is 35.3. The van der Waals surface area contributed by atoms with E-state index >= 15 is 0 Å². The predicted molar refractivity (Wildman–Crippen MR) is 87.9 cm³/mol. The smallest absolute Gasteiger partial charge is 0.340 e. The number of benzene rings is 2. The molecule has 0 atom stereocenters. The molecule has 5 nitrogen and oxygen atoms in total. The summed E-state index contributed by atoms with van der Waals surface area (Å²) in [6.07, 6.45) is 0. The van der Waals surface area contributed by atoms with Gasteiger partial charge in [0.1, 0.15) is 11.6 Å². The molecule has 25 heavy (non-hydrogen) atoms. The minimum absolute atomic E-state index is 0.0549. The molecule has 0 aliphatic heterocycles. The van der Waals surface area contributed by atoms with Crippen molar-refractivity contribution in [1.82, 2.24) is 0 Å². The van der Waals surface area contributed by atoms with Gasteiger partial charge in [-0.15, -0.1) is 0 Å². The van der Waals surface area contributed by atoms with E-state index in [1.54, 1.807) is 12.1 Å². The van der Waals surface area contributed by atoms with Crippen molar-refractivity contribution in [3.8, 4) is 6.07 Å². The number of esters is 2. The Hall–Kier alpha value is -2.79. The highest BCUT2D eigenvalue weighted by molar-refractivity contribution is 9.10. The highest BCUT2D eigenvalue weighted by Crippen LogP contribution is 2.15. The van der Waals surface area contributed by atoms with Crippen molar-refractivity contribution in [2.45, 2.75) is 0 Å². The fourth-order valence-electron chi connectivity index (χ4n) is 1.63. The maximum Gasteiger partial charge on any atom is 0.340 e. The molecule has 0 N–H and O–H groups in total. The number of rotatable bonds is 2. The van der Waals surface area contributed by atoms with E-state index in [1.165, 1.54) is 38.5 Å². The van der Waals surface area contributed by atoms with Crippen LogP contribution < -0.4 is 0 Å². The average molecular weight is 412 g/mol. The number of ether oxygens (including phenoxy) is 2. The van der Waals surface area contributed by atoms with E-state index in [2.05, 4.69) is 25.4 Å². The van der Waals surface area contributed by atoms with Crippen LogP contribution in [0, 0.1) is 23.0 Å². The van der Waals surface area contributed by atoms with Gasteiger partial charge in [0, 0.05) is 4.47 Å². The zero-order chi connectivity index (χ0) is 19.0. The van der Waals surface area contributed by atoms with Gasteiger partial charge in [-0.2, -0.15) is 5.26 Å². The summed E-state index contributed by atoms with van der Waals surface area (Å²) in [5.74, 6) is -2.75. The van der Waals surface area contributed by atoms with Crippen molar-refractivity contribution in [3.63, 3.8) is 0 Å². The summed E-state index contributed by atoms with van der Waals surface area (Å²) in [4.78, 5) is 21.8. The van der Waals surface area contributed by atoms with Crippen LogP contribution in [0.3, 0.4) is 0 Å². The zero-order valence-corrected chi connectivity index (χ0v) is 14.8. The topological polar surface area (TPSA) is 76.4 Å². The Morgan fingerprint density at radius 2 is 1.44 bits per heavy atom. The van der Waals surface area contributed by atoms with E-state index < -0.39 is 23.6 Å². The van der Waals surface area contributed by atoms with Crippen molar-refractivity contribution in [2.75, 3.05) is 14.2 Å². The van der Waals surface area contributed by atoms with Crippen molar-refractivity contribution >= 4 is 27.9 Å². The molecular weight excluding hydrogens is 400 g/mol. The quantitative estimate of drug-likeness (QED) is 0.701. The number of nitrogens with zero attached hydrogens (tertiary/aromatic N) is 1. The number of halogens is 3. The second kappa shape index (κ2) is 9.49. The lowest BCUT2D eigenvalue weighted by molar-refractivity contribution is 0.0586. The lowest BCUT2D eigenvalue weighted by Crippen LogP contribution is -2.04. The molecular formula is C17H12BrF2NO4. The minimum atomic E-state index is -0.748. The third-order valence-corrected chi connectivity index (χ3v) is 3.33. The average Bonchev–Trinajstić information content (AvgIpc) is 2.60. The van der Waals surface area contributed by atoms with Crippen LogP contribution in [0.4, 0.5) is 8.78 Å². The number of carbonyl (C=O) groups is 2. The van der Waals surface area contributed by atoms with Crippen LogP contribution in [0.25, 0.3) is 0 Å². The van der Waals surface area contributed by atoms with Crippen molar-refractivity contribution in [1.29, 1.82) is 5.26 Å². The SMILES string of the molecule is COC(=O)c1ccc(Br)cc1F.COC(=O)c1ccc(C#N)cc1F. The lowest BCUT2D eigenvalue weighted by Gasteiger charge is -2.00. The van der Waals surface area contributed by atoms with E-state index in [1.807, 2.05) is 0 Å². The van der Waals surface area contributed by atoms with Crippen molar-refractivity contribution < 1.29 is 27.8 Å². The molecule has 0 fully saturated rings. The van der Waals surface area contributed by atoms with E-state index in [0.29, 0.717) is 4.47 Å². The monoisotopic (exact) mass is 411 g/mol. The van der Waals surface area contributed by atoms with Gasteiger partial charge < -0.3 is 9.47 Å². The Kier molecular flexibility index (Phi) is 7.69. The third-order valence-electron chi connectivity index (χ3n) is 2.84. The molecule has 130 valence electrons. The molecule has 0 heterocycles. The van der Waals surface area contributed by atoms with E-state index in [0.717, 1.165) is 6.07 Å². The zero-order valence-electron chi connectivity index (χ0n) is 13.2. The van der Waals surface area contributed by atoms with Gasteiger partial charge in [0.05, 0.1) is 37.0 Å². The molecule has 0 amide bonds. The Morgan fingerprint density at radius 3 is 1.84 bits per heavy atom. The second-order valence-corrected chi connectivity index (χ2v) is 5.33. The molecule has 2 aromatic rings. The van der Waals surface area contributed by atoms with E-state index in [9.17, 15) is 18.4 Å². The normalized spacial score (nSPS) is 9.28. The molecule has 0 radical (unpaired) electrons. The van der Waals surface area contributed by atoms with Crippen molar-refractivity contribution in [3.05, 3.63) is 69.2 Å². The summed E-state index contributed by atoms with van der Waals surface area (Å²) in [5.41, 5.74) is -0.0487. The standard InChI is InChI=1S/C9H6FNO2.C8H6BrFO2/c1-13-9(12)7-3-2-6(5-11)4-8(7)10;1-12-8(11)6-3-2-5(9)4-7(6)10/h2-4H,1H3;2-4H,1H3. The van der Waals surface area contributed by atoms with Crippen LogP contribution in [-0.4, -0.2) is 26.2 Å². The maximum absolute atomic E-state index is 13.0. The summed E-state index contributed by atoms with van der Waals surface area (Å²) in [6, 6.07) is 9.49. The molecule has 0 bridgehead atoms. The molecule has 0 aliphatic carbocycles. The highest BCUT2D eigenvalue weighted by Gasteiger charge is 2.12. The molecule has 2 rings (SSSR count). The first-order chi connectivity index (χ1) is 11.8. The lowest BCUT2D eigenvalue weighted by atomic mass is 10.1. The number of hydrogen-bond donors (Lipinski definition) is 0. The summed E-state index contributed by atoms with van der Waals surface area (Å²) in [5, 5.41) is 8.42. The van der Waals surface area contributed by atoms with Crippen molar-refractivity contribution in [2.24, 2.45) is 0 Å². The van der Waals surface area contributed by atoms with Gasteiger partial charge in [-0.05, 0) is 36.4 Å². The number of hydrogen-bond acceptors (Lipinski definition) is 5. The predicted octanol–water partition coefficient (Wildman–Crippen LogP) is 3.86. The first kappa shape index (κ1) is 20.3. The highest BCUT2D eigenvalue weighted by atomic mass is 79.9. The molecule has 0 saturated carbocycles. The summed E-state index contributed by atoms with van der Waals surface area (Å²) >= 11 is 3.08. The molecule has 0 unspecified atom stereocenters. The molecule has 2 aromatic carbocycles. The van der Waals surface area contributed by atoms with Crippen LogP contribution in [-0.2, 0) is 9.47 Å². The van der Waals surface area contributed by atoms with Gasteiger partial charge in [0.25, 0.3) is 0 Å². The largest absolute Gasteiger partial charge is 0.465 e. The molecule has 0 aromatic heterocycles. The van der Waals surface area contributed by atoms with E-state index in [-0.39, 0.29) is 16.7 Å². The van der Waals surface area contributed by atoms with E-state index in [4.69, 9.17) is 5.26 Å². The van der Waals surface area contributed by atoms with Gasteiger partial charge in [0.2, 0.25) is 0 Å². The van der Waals surface area contributed by atoms with Gasteiger partial charge in [-0.1, -0.05) is 15.9 Å². The number of nitriles is 1. The second-order valence-electron chi connectivity index (χ2n) is 4.41. The fraction of sp³-hybridized carbons (Fsp3) is 0.118. The molecule has 0 aliphatic rings. The number of methoxy groups -OCH3 is 2. The summed E-state index contributed by atoms with van der Waals surface area (Å²) in [6.45, 7) is 0. The Labute approximate surface area is 150 Å². The van der Waals surface area contributed by atoms with Crippen LogP contribution in [0.1, 0.15) is 26.3 Å². The third kappa shape index (κ3) is 5.65. The first-order valence-electron chi connectivity index (χ1n) is 6.65.